The number of carbonyl (C=O) groups is 1. The summed E-state index contributed by atoms with van der Waals surface area (Å²) in [6, 6.07) is 16.0. The second-order valence-corrected chi connectivity index (χ2v) is 13.7. The van der Waals surface area contributed by atoms with Gasteiger partial charge < -0.3 is 9.53 Å². The average molecular weight is 387 g/mol. The molecule has 3 rings (SSSR count). The monoisotopic (exact) mass is 386 g/mol. The molecule has 1 aromatic rings. The Morgan fingerprint density at radius 2 is 1.59 bits per heavy atom. The first-order valence-corrected chi connectivity index (χ1v) is 13.9. The van der Waals surface area contributed by atoms with Crippen LogP contribution >= 0.6 is 0 Å². The topological polar surface area (TPSA) is 26.3 Å². The predicted octanol–water partition coefficient (Wildman–Crippen LogP) is 5.57. The van der Waals surface area contributed by atoms with E-state index in [9.17, 15) is 4.79 Å². The first-order valence-electron chi connectivity index (χ1n) is 11.3. The number of carbonyl (C=O) groups excluding carboxylic acids is 1. The molecule has 1 saturated heterocycles. The molecule has 0 spiro atoms. The van der Waals surface area contributed by atoms with E-state index in [0.29, 0.717) is 5.92 Å². The first kappa shape index (κ1) is 20.8. The van der Waals surface area contributed by atoms with Gasteiger partial charge in [-0.05, 0) is 43.9 Å². The van der Waals surface area contributed by atoms with Crippen LogP contribution in [-0.4, -0.2) is 28.1 Å². The zero-order valence-corrected chi connectivity index (χ0v) is 18.2. The quantitative estimate of drug-likeness (QED) is 0.315. The summed E-state index contributed by atoms with van der Waals surface area (Å²) < 4.78 is 5.23. The molecule has 0 bridgehead atoms. The molecule has 2 aliphatic rings. The molecule has 2 fully saturated rings. The molecule has 1 saturated carbocycles. The molecule has 0 aromatic heterocycles. The maximum atomic E-state index is 11.0. The van der Waals surface area contributed by atoms with Crippen molar-refractivity contribution in [2.24, 2.45) is 17.8 Å². The summed E-state index contributed by atoms with van der Waals surface area (Å²) in [6.45, 7) is 0.908. The third kappa shape index (κ3) is 5.54. The van der Waals surface area contributed by atoms with Crippen molar-refractivity contribution in [3.05, 3.63) is 30.3 Å². The Morgan fingerprint density at radius 3 is 2.22 bits per heavy atom. The Bertz CT molecular complexity index is 543. The molecule has 0 N–H and O–H groups in total. The van der Waals surface area contributed by atoms with Gasteiger partial charge in [0.05, 0.1) is 8.07 Å². The second kappa shape index (κ2) is 10.6. The van der Waals surface area contributed by atoms with Crippen LogP contribution in [0.3, 0.4) is 0 Å². The second-order valence-electron chi connectivity index (χ2n) is 9.10. The van der Waals surface area contributed by atoms with Crippen molar-refractivity contribution in [3.8, 4) is 0 Å². The largest absolute Gasteiger partial charge is 0.385 e. The molecule has 2 nitrogen and oxygen atoms in total. The third-order valence-corrected chi connectivity index (χ3v) is 12.9. The van der Waals surface area contributed by atoms with Gasteiger partial charge in [0.15, 0.2) is 0 Å². The highest BCUT2D eigenvalue weighted by molar-refractivity contribution is 6.92. The number of rotatable bonds is 9. The summed E-state index contributed by atoms with van der Waals surface area (Å²) in [6.07, 6.45) is 12.9. The summed E-state index contributed by atoms with van der Waals surface area (Å²) in [7, 11) is 0.468. The minimum atomic E-state index is -1.34. The normalized spacial score (nSPS) is 31.5. The minimum absolute atomic E-state index is 0.356. The van der Waals surface area contributed by atoms with E-state index >= 15 is 0 Å². The highest BCUT2D eigenvalue weighted by Crippen LogP contribution is 2.43. The van der Waals surface area contributed by atoms with Gasteiger partial charge in [0, 0.05) is 19.6 Å². The van der Waals surface area contributed by atoms with E-state index in [-0.39, 0.29) is 0 Å². The molecule has 1 heterocycles. The molecule has 27 heavy (non-hydrogen) atoms. The van der Waals surface area contributed by atoms with Crippen LogP contribution in [0.4, 0.5) is 0 Å². The van der Waals surface area contributed by atoms with Crippen LogP contribution in [0.25, 0.3) is 0 Å². The van der Waals surface area contributed by atoms with E-state index in [1.165, 1.54) is 69.4 Å². The number of hydrogen-bond acceptors (Lipinski definition) is 2. The van der Waals surface area contributed by atoms with Crippen LogP contribution < -0.4 is 5.19 Å². The van der Waals surface area contributed by atoms with E-state index in [1.807, 2.05) is 7.11 Å². The van der Waals surface area contributed by atoms with E-state index in [4.69, 9.17) is 4.74 Å². The molecule has 0 radical (unpaired) electrons. The number of unbranched alkanes of at least 4 members (excludes halogenated alkanes) is 2. The highest BCUT2D eigenvalue weighted by Gasteiger charge is 2.40. The van der Waals surface area contributed by atoms with Crippen LogP contribution in [0, 0.1) is 17.8 Å². The Hall–Kier alpha value is -0.933. The van der Waals surface area contributed by atoms with Crippen molar-refractivity contribution in [2.45, 2.75) is 75.9 Å². The molecular formula is C24H38O2Si. The van der Waals surface area contributed by atoms with Gasteiger partial charge in [-0.2, -0.15) is 0 Å². The fraction of sp³-hybridized carbons (Fsp3) is 0.708. The Balaban J connectivity index is 1.58. The molecule has 0 atom stereocenters. The number of benzene rings is 1. The number of aldehydes is 1. The van der Waals surface area contributed by atoms with Gasteiger partial charge in [-0.15, -0.1) is 0 Å². The predicted molar refractivity (Wildman–Crippen MR) is 116 cm³/mol. The van der Waals surface area contributed by atoms with E-state index < -0.39 is 8.07 Å². The minimum Gasteiger partial charge on any atom is -0.385 e. The number of methoxy groups -OCH3 is 1. The molecule has 0 unspecified atom stereocenters. The summed E-state index contributed by atoms with van der Waals surface area (Å²) in [5, 5.41) is 1.71. The van der Waals surface area contributed by atoms with Crippen LogP contribution in [0.2, 0.25) is 18.1 Å². The molecule has 1 aliphatic heterocycles. The lowest BCUT2D eigenvalue weighted by Crippen LogP contribution is -2.50. The van der Waals surface area contributed by atoms with Crippen molar-refractivity contribution in [1.82, 2.24) is 0 Å². The summed E-state index contributed by atoms with van der Waals surface area (Å²) >= 11 is 0. The van der Waals surface area contributed by atoms with E-state index in [2.05, 4.69) is 30.3 Å². The lowest BCUT2D eigenvalue weighted by molar-refractivity contribution is -0.112. The smallest absolute Gasteiger partial charge is 0.123 e. The van der Waals surface area contributed by atoms with Crippen molar-refractivity contribution in [3.63, 3.8) is 0 Å². The number of hydrogen-bond donors (Lipinski definition) is 0. The Morgan fingerprint density at radius 1 is 0.926 bits per heavy atom. The SMILES string of the molecule is COCCCCC[Si]1(c2ccccc2)CCC(C2CCC(C=O)CC2)CC1. The molecule has 1 aliphatic carbocycles. The van der Waals surface area contributed by atoms with Gasteiger partial charge in [0.2, 0.25) is 0 Å². The maximum absolute atomic E-state index is 11.0. The van der Waals surface area contributed by atoms with Crippen LogP contribution in [0.1, 0.15) is 57.8 Å². The zero-order chi connectivity index (χ0) is 19.0. The first-order chi connectivity index (χ1) is 13.3. The average Bonchev–Trinajstić information content (AvgIpc) is 2.75. The van der Waals surface area contributed by atoms with Gasteiger partial charge in [-0.3, -0.25) is 0 Å². The van der Waals surface area contributed by atoms with Gasteiger partial charge in [0.25, 0.3) is 0 Å². The van der Waals surface area contributed by atoms with Crippen molar-refractivity contribution in [2.75, 3.05) is 13.7 Å². The third-order valence-electron chi connectivity index (χ3n) is 7.55. The molecule has 0 amide bonds. The van der Waals surface area contributed by atoms with Gasteiger partial charge in [0.1, 0.15) is 6.29 Å². The Kier molecular flexibility index (Phi) is 8.14. The van der Waals surface area contributed by atoms with Crippen molar-refractivity contribution < 1.29 is 9.53 Å². The summed E-state index contributed by atoms with van der Waals surface area (Å²) in [5.74, 6) is 2.18. The number of ether oxygens (including phenoxy) is 1. The summed E-state index contributed by atoms with van der Waals surface area (Å²) in [4.78, 5) is 11.0. The Labute approximate surface area is 167 Å². The van der Waals surface area contributed by atoms with E-state index in [0.717, 1.165) is 31.3 Å². The molecular weight excluding hydrogens is 348 g/mol. The standard InChI is InChI=1S/C24H38O2Si/c1-26-16-6-3-7-17-27(24-8-4-2-5-9-24)18-14-23(15-19-27)22-12-10-21(20-25)11-13-22/h2,4-5,8-9,20-23H,3,6-7,10-19H2,1H3. The van der Waals surface area contributed by atoms with Gasteiger partial charge in [-0.1, -0.05) is 79.3 Å². The fourth-order valence-electron chi connectivity index (χ4n) is 5.78. The maximum Gasteiger partial charge on any atom is 0.123 e. The zero-order valence-electron chi connectivity index (χ0n) is 17.2. The van der Waals surface area contributed by atoms with Crippen LogP contribution in [0.5, 0.6) is 0 Å². The molecule has 3 heteroatoms. The van der Waals surface area contributed by atoms with Crippen LogP contribution in [-0.2, 0) is 9.53 Å². The van der Waals surface area contributed by atoms with Gasteiger partial charge in [-0.25, -0.2) is 0 Å². The highest BCUT2D eigenvalue weighted by atomic mass is 28.3. The van der Waals surface area contributed by atoms with Crippen molar-refractivity contribution >= 4 is 19.5 Å². The molecule has 150 valence electrons. The van der Waals surface area contributed by atoms with E-state index in [1.54, 1.807) is 5.19 Å². The van der Waals surface area contributed by atoms with Crippen molar-refractivity contribution in [1.29, 1.82) is 0 Å². The summed E-state index contributed by atoms with van der Waals surface area (Å²) in [5.41, 5.74) is 0. The molecule has 1 aromatic carbocycles. The lowest BCUT2D eigenvalue weighted by atomic mass is 9.74. The van der Waals surface area contributed by atoms with Gasteiger partial charge >= 0.3 is 0 Å². The lowest BCUT2D eigenvalue weighted by Gasteiger charge is -2.43. The fourth-order valence-corrected chi connectivity index (χ4v) is 11.1. The van der Waals surface area contributed by atoms with Crippen LogP contribution in [0.15, 0.2) is 30.3 Å².